The molecule has 0 spiro atoms. The lowest BCUT2D eigenvalue weighted by Crippen LogP contribution is -2.24. The number of nitrogens with one attached hydrogen (secondary N) is 2. The van der Waals surface area contributed by atoms with E-state index in [2.05, 4.69) is 9.97 Å². The van der Waals surface area contributed by atoms with E-state index < -0.39 is 11.2 Å². The first-order valence-electron chi connectivity index (χ1n) is 10.4. The maximum Gasteiger partial charge on any atom is 0.355 e. The molecule has 2 aromatic heterocycles. The molecule has 0 bridgehead atoms. The van der Waals surface area contributed by atoms with Gasteiger partial charge in [0.2, 0.25) is 0 Å². The molecule has 2 rings (SSSR count). The van der Waals surface area contributed by atoms with Gasteiger partial charge in [-0.2, -0.15) is 0 Å². The standard InChI is InChI=1S/C24H36N2O4/c1-13-15(3)19(21(27)29-23(5,6)7)25-17(13)11-12-18-14(2)16(4)20(26-18)22(28)30-24(8,9)10/h25-26H,11-12H2,1-10H3. The van der Waals surface area contributed by atoms with Crippen LogP contribution in [0.2, 0.25) is 0 Å². The predicted molar refractivity (Wildman–Crippen MR) is 118 cm³/mol. The van der Waals surface area contributed by atoms with Crippen molar-refractivity contribution in [2.45, 2.75) is 93.3 Å². The summed E-state index contributed by atoms with van der Waals surface area (Å²) in [7, 11) is 0. The third kappa shape index (κ3) is 5.55. The van der Waals surface area contributed by atoms with E-state index in [1.165, 1.54) is 0 Å². The van der Waals surface area contributed by atoms with Crippen molar-refractivity contribution in [3.05, 3.63) is 45.0 Å². The molecular formula is C24H36N2O4. The van der Waals surface area contributed by atoms with Gasteiger partial charge in [-0.05, 0) is 104 Å². The van der Waals surface area contributed by atoms with Crippen LogP contribution in [0.25, 0.3) is 0 Å². The molecule has 2 heterocycles. The molecule has 0 fully saturated rings. The molecule has 0 atom stereocenters. The number of carbonyl (C=O) groups excluding carboxylic acids is 2. The highest BCUT2D eigenvalue weighted by atomic mass is 16.6. The fourth-order valence-electron chi connectivity index (χ4n) is 3.32. The van der Waals surface area contributed by atoms with Gasteiger partial charge in [0.1, 0.15) is 22.6 Å². The van der Waals surface area contributed by atoms with Gasteiger partial charge >= 0.3 is 11.9 Å². The first-order chi connectivity index (χ1) is 13.6. The molecule has 0 saturated heterocycles. The average Bonchev–Trinajstić information content (AvgIpc) is 3.01. The summed E-state index contributed by atoms with van der Waals surface area (Å²) in [5.74, 6) is -0.679. The van der Waals surface area contributed by atoms with Crippen LogP contribution in [0, 0.1) is 27.7 Å². The first kappa shape index (κ1) is 23.8. The van der Waals surface area contributed by atoms with E-state index in [1.807, 2.05) is 69.2 Å². The summed E-state index contributed by atoms with van der Waals surface area (Å²) in [6.07, 6.45) is 1.42. The van der Waals surface area contributed by atoms with Gasteiger partial charge in [-0.25, -0.2) is 9.59 Å². The zero-order chi connectivity index (χ0) is 23.0. The van der Waals surface area contributed by atoms with Crippen LogP contribution >= 0.6 is 0 Å². The SMILES string of the molecule is Cc1c(CCc2[nH]c(C(=O)OC(C)(C)C)c(C)c2C)[nH]c(C(=O)OC(C)(C)C)c1C. The van der Waals surface area contributed by atoms with Crippen molar-refractivity contribution in [3.63, 3.8) is 0 Å². The lowest BCUT2D eigenvalue weighted by Gasteiger charge is -2.19. The Morgan fingerprint density at radius 1 is 0.633 bits per heavy atom. The van der Waals surface area contributed by atoms with Crippen molar-refractivity contribution in [3.8, 4) is 0 Å². The third-order valence-corrected chi connectivity index (χ3v) is 5.16. The molecule has 2 aromatic rings. The van der Waals surface area contributed by atoms with E-state index in [-0.39, 0.29) is 11.9 Å². The predicted octanol–water partition coefficient (Wildman–Crippen LogP) is 5.27. The van der Waals surface area contributed by atoms with Crippen LogP contribution in [0.1, 0.15) is 96.2 Å². The normalized spacial score (nSPS) is 12.2. The van der Waals surface area contributed by atoms with Gasteiger partial charge in [-0.1, -0.05) is 0 Å². The fourth-order valence-corrected chi connectivity index (χ4v) is 3.32. The molecule has 0 radical (unpaired) electrons. The van der Waals surface area contributed by atoms with Crippen molar-refractivity contribution < 1.29 is 19.1 Å². The highest BCUT2D eigenvalue weighted by Crippen LogP contribution is 2.24. The summed E-state index contributed by atoms with van der Waals surface area (Å²) in [5.41, 5.74) is 5.86. The van der Waals surface area contributed by atoms with E-state index in [4.69, 9.17) is 9.47 Å². The topological polar surface area (TPSA) is 84.2 Å². The summed E-state index contributed by atoms with van der Waals surface area (Å²) >= 11 is 0. The van der Waals surface area contributed by atoms with Crippen LogP contribution in [-0.2, 0) is 22.3 Å². The molecule has 30 heavy (non-hydrogen) atoms. The number of aromatic amines is 2. The summed E-state index contributed by atoms with van der Waals surface area (Å²) < 4.78 is 11.0. The Kier molecular flexibility index (Phi) is 6.60. The molecule has 0 aromatic carbocycles. The largest absolute Gasteiger partial charge is 0.455 e. The number of aryl methyl sites for hydroxylation is 2. The molecule has 0 aliphatic carbocycles. The summed E-state index contributed by atoms with van der Waals surface area (Å²) in [4.78, 5) is 31.5. The lowest BCUT2D eigenvalue weighted by atomic mass is 10.0. The zero-order valence-electron chi connectivity index (χ0n) is 20.0. The molecule has 166 valence electrons. The molecule has 2 N–H and O–H groups in total. The minimum absolute atomic E-state index is 0.339. The number of rotatable bonds is 5. The minimum Gasteiger partial charge on any atom is -0.455 e. The summed E-state index contributed by atoms with van der Waals surface area (Å²) in [6, 6.07) is 0. The van der Waals surface area contributed by atoms with Crippen molar-refractivity contribution in [1.29, 1.82) is 0 Å². The number of ether oxygens (including phenoxy) is 2. The van der Waals surface area contributed by atoms with Gasteiger partial charge in [0.15, 0.2) is 0 Å². The van der Waals surface area contributed by atoms with Crippen molar-refractivity contribution in [1.82, 2.24) is 9.97 Å². The van der Waals surface area contributed by atoms with Crippen LogP contribution in [0.5, 0.6) is 0 Å². The van der Waals surface area contributed by atoms with Gasteiger partial charge in [-0.3, -0.25) is 0 Å². The molecule has 6 nitrogen and oxygen atoms in total. The van der Waals surface area contributed by atoms with Gasteiger partial charge in [0.05, 0.1) is 0 Å². The maximum atomic E-state index is 12.5. The van der Waals surface area contributed by atoms with Crippen molar-refractivity contribution >= 4 is 11.9 Å². The quantitative estimate of drug-likeness (QED) is 0.650. The summed E-state index contributed by atoms with van der Waals surface area (Å²) in [6.45, 7) is 19.0. The Morgan fingerprint density at radius 3 is 1.20 bits per heavy atom. The maximum absolute atomic E-state index is 12.5. The zero-order valence-corrected chi connectivity index (χ0v) is 20.0. The number of hydrogen-bond acceptors (Lipinski definition) is 4. The Hall–Kier alpha value is -2.50. The fraction of sp³-hybridized carbons (Fsp3) is 0.583. The number of aromatic nitrogens is 2. The third-order valence-electron chi connectivity index (χ3n) is 5.16. The van der Waals surface area contributed by atoms with Gasteiger partial charge in [-0.15, -0.1) is 0 Å². The highest BCUT2D eigenvalue weighted by Gasteiger charge is 2.25. The Labute approximate surface area is 179 Å². The Balaban J connectivity index is 2.20. The molecule has 0 saturated carbocycles. The van der Waals surface area contributed by atoms with E-state index in [0.29, 0.717) is 24.2 Å². The molecule has 0 unspecified atom stereocenters. The Bertz CT molecular complexity index is 871. The van der Waals surface area contributed by atoms with Gasteiger partial charge in [0.25, 0.3) is 0 Å². The average molecular weight is 417 g/mol. The molecule has 6 heteroatoms. The number of carbonyl (C=O) groups is 2. The minimum atomic E-state index is -0.542. The van der Waals surface area contributed by atoms with Gasteiger partial charge in [0, 0.05) is 11.4 Å². The monoisotopic (exact) mass is 416 g/mol. The van der Waals surface area contributed by atoms with Crippen LogP contribution in [0.4, 0.5) is 0 Å². The second-order valence-electron chi connectivity index (χ2n) is 9.96. The number of esters is 2. The van der Waals surface area contributed by atoms with E-state index in [9.17, 15) is 9.59 Å². The molecule has 0 aliphatic rings. The van der Waals surface area contributed by atoms with Crippen LogP contribution in [0.3, 0.4) is 0 Å². The van der Waals surface area contributed by atoms with Crippen molar-refractivity contribution in [2.75, 3.05) is 0 Å². The van der Waals surface area contributed by atoms with Gasteiger partial charge < -0.3 is 19.4 Å². The van der Waals surface area contributed by atoms with E-state index >= 15 is 0 Å². The van der Waals surface area contributed by atoms with E-state index in [0.717, 1.165) is 33.6 Å². The smallest absolute Gasteiger partial charge is 0.355 e. The second kappa shape index (κ2) is 8.32. The first-order valence-corrected chi connectivity index (χ1v) is 10.4. The molecular weight excluding hydrogens is 380 g/mol. The van der Waals surface area contributed by atoms with Crippen LogP contribution in [0.15, 0.2) is 0 Å². The molecule has 0 amide bonds. The second-order valence-corrected chi connectivity index (χ2v) is 9.96. The Morgan fingerprint density at radius 2 is 0.933 bits per heavy atom. The van der Waals surface area contributed by atoms with Crippen LogP contribution < -0.4 is 0 Å². The lowest BCUT2D eigenvalue weighted by molar-refractivity contribution is 0.00500. The van der Waals surface area contributed by atoms with E-state index in [1.54, 1.807) is 0 Å². The molecule has 0 aliphatic heterocycles. The number of hydrogen-bond donors (Lipinski definition) is 2. The summed E-state index contributed by atoms with van der Waals surface area (Å²) in [5, 5.41) is 0. The highest BCUT2D eigenvalue weighted by molar-refractivity contribution is 5.90. The van der Waals surface area contributed by atoms with Crippen molar-refractivity contribution in [2.24, 2.45) is 0 Å². The number of H-pyrrole nitrogens is 2. The van der Waals surface area contributed by atoms with Crippen LogP contribution in [-0.4, -0.2) is 33.1 Å².